The lowest BCUT2D eigenvalue weighted by Crippen LogP contribution is -2.39. The van der Waals surface area contributed by atoms with Crippen LogP contribution in [0.2, 0.25) is 0 Å². The van der Waals surface area contributed by atoms with Crippen molar-refractivity contribution in [3.63, 3.8) is 0 Å². The summed E-state index contributed by atoms with van der Waals surface area (Å²) in [4.78, 5) is 0. The second-order valence-electron chi connectivity index (χ2n) is 5.34. The van der Waals surface area contributed by atoms with Crippen molar-refractivity contribution in [1.82, 2.24) is 4.31 Å². The van der Waals surface area contributed by atoms with E-state index in [1.807, 2.05) is 6.07 Å². The van der Waals surface area contributed by atoms with E-state index < -0.39 is 34.7 Å². The van der Waals surface area contributed by atoms with Gasteiger partial charge in [0, 0.05) is 18.2 Å². The summed E-state index contributed by atoms with van der Waals surface area (Å²) in [5.41, 5.74) is 0.807. The summed E-state index contributed by atoms with van der Waals surface area (Å²) < 4.78 is 58.4. The van der Waals surface area contributed by atoms with Gasteiger partial charge in [0.05, 0.1) is 0 Å². The highest BCUT2D eigenvalue weighted by molar-refractivity contribution is 7.83. The Labute approximate surface area is 139 Å². The van der Waals surface area contributed by atoms with E-state index in [2.05, 4.69) is 0 Å². The number of benzene rings is 2. The van der Waals surface area contributed by atoms with Crippen molar-refractivity contribution >= 4 is 10.3 Å². The Morgan fingerprint density at radius 2 is 1.67 bits per heavy atom. The zero-order valence-corrected chi connectivity index (χ0v) is 13.6. The van der Waals surface area contributed by atoms with Crippen LogP contribution in [0.25, 0.3) is 0 Å². The van der Waals surface area contributed by atoms with E-state index in [-0.39, 0.29) is 5.56 Å². The Hall–Kier alpha value is -1.84. The molecule has 0 radical (unpaired) electrons. The molecule has 128 valence electrons. The van der Waals surface area contributed by atoms with Gasteiger partial charge in [0.25, 0.3) is 0 Å². The third kappa shape index (κ3) is 3.33. The largest absolute Gasteiger partial charge is 0.337 e. The van der Waals surface area contributed by atoms with E-state index in [0.717, 1.165) is 7.05 Å². The van der Waals surface area contributed by atoms with E-state index in [9.17, 15) is 17.4 Å². The summed E-state index contributed by atoms with van der Waals surface area (Å²) in [7, 11) is -3.40. The average molecular weight is 353 g/mol. The lowest BCUT2D eigenvalue weighted by atomic mass is 10.1. The number of rotatable bonds is 4. The predicted octanol–water partition coefficient (Wildman–Crippen LogP) is 2.67. The molecule has 6 nitrogen and oxygen atoms in total. The minimum Gasteiger partial charge on any atom is -0.336 e. The van der Waals surface area contributed by atoms with Crippen LogP contribution >= 0.6 is 0 Å². The monoisotopic (exact) mass is 353 g/mol. The molecule has 1 heterocycles. The van der Waals surface area contributed by atoms with Crippen molar-refractivity contribution in [1.29, 1.82) is 0 Å². The quantitative estimate of drug-likeness (QED) is 0.855. The second kappa shape index (κ2) is 6.58. The summed E-state index contributed by atoms with van der Waals surface area (Å²) in [6.07, 6.45) is -3.12. The fraction of sp³-hybridized carbons (Fsp3) is 0.250. The number of hydrogen-bond acceptors (Lipinski definition) is 4. The van der Waals surface area contributed by atoms with Gasteiger partial charge in [0.15, 0.2) is 12.5 Å². The molecular formula is C16H16FNO5S. The van der Waals surface area contributed by atoms with E-state index >= 15 is 0 Å². The van der Waals surface area contributed by atoms with Crippen LogP contribution in [0.1, 0.15) is 23.5 Å². The summed E-state index contributed by atoms with van der Waals surface area (Å²) >= 11 is 0. The molecule has 1 fully saturated rings. The van der Waals surface area contributed by atoms with Crippen LogP contribution in [-0.2, 0) is 19.8 Å². The molecule has 0 bridgehead atoms. The van der Waals surface area contributed by atoms with Gasteiger partial charge in [-0.15, -0.1) is 0 Å². The highest BCUT2D eigenvalue weighted by atomic mass is 32.2. The van der Waals surface area contributed by atoms with Gasteiger partial charge in [-0.3, -0.25) is 4.55 Å². The molecule has 1 aliphatic heterocycles. The van der Waals surface area contributed by atoms with Crippen LogP contribution in [0.5, 0.6) is 0 Å². The molecule has 0 spiro atoms. The SMILES string of the molecule is CN(C1OC(c2ccccc2)OC1c1ccccc1F)S(=O)(=O)O. The molecule has 1 saturated heterocycles. The third-order valence-corrected chi connectivity index (χ3v) is 4.73. The first-order valence-corrected chi connectivity index (χ1v) is 8.58. The Morgan fingerprint density at radius 1 is 1.04 bits per heavy atom. The normalized spacial score (nSPS) is 24.4. The van der Waals surface area contributed by atoms with Gasteiger partial charge in [-0.1, -0.05) is 48.5 Å². The van der Waals surface area contributed by atoms with Crippen molar-refractivity contribution in [2.45, 2.75) is 18.6 Å². The number of halogens is 1. The molecule has 0 aromatic heterocycles. The first kappa shape index (κ1) is 17.0. The van der Waals surface area contributed by atoms with Gasteiger partial charge in [0.1, 0.15) is 11.9 Å². The molecule has 0 saturated carbocycles. The Bertz CT molecular complexity index is 814. The maximum Gasteiger partial charge on any atom is 0.337 e. The Balaban J connectivity index is 1.99. The smallest absolute Gasteiger partial charge is 0.336 e. The zero-order chi connectivity index (χ0) is 17.3. The molecule has 24 heavy (non-hydrogen) atoms. The maximum atomic E-state index is 14.1. The van der Waals surface area contributed by atoms with Gasteiger partial charge < -0.3 is 9.47 Å². The zero-order valence-electron chi connectivity index (χ0n) is 12.7. The number of likely N-dealkylation sites (N-methyl/N-ethyl adjacent to an activating group) is 1. The van der Waals surface area contributed by atoms with Crippen LogP contribution < -0.4 is 0 Å². The van der Waals surface area contributed by atoms with Crippen molar-refractivity contribution in [3.8, 4) is 0 Å². The lowest BCUT2D eigenvalue weighted by molar-refractivity contribution is -0.0810. The van der Waals surface area contributed by atoms with Crippen LogP contribution in [0.4, 0.5) is 4.39 Å². The topological polar surface area (TPSA) is 76.1 Å². The van der Waals surface area contributed by atoms with Crippen molar-refractivity contribution in [3.05, 3.63) is 71.5 Å². The van der Waals surface area contributed by atoms with Gasteiger partial charge in [-0.25, -0.2) is 4.39 Å². The molecule has 8 heteroatoms. The molecule has 1 aliphatic rings. The molecule has 3 rings (SSSR count). The minimum absolute atomic E-state index is 0.149. The van der Waals surface area contributed by atoms with E-state index in [4.69, 9.17) is 9.47 Å². The standard InChI is InChI=1S/C16H16FNO5S/c1-18(24(19,20)21)15-14(12-9-5-6-10-13(12)17)22-16(23-15)11-7-3-2-4-8-11/h2-10,14-16H,1H3,(H,19,20,21). The van der Waals surface area contributed by atoms with Crippen LogP contribution in [-0.4, -0.2) is 30.6 Å². The molecule has 3 unspecified atom stereocenters. The van der Waals surface area contributed by atoms with Crippen LogP contribution in [0, 0.1) is 5.82 Å². The fourth-order valence-corrected chi connectivity index (χ4v) is 2.96. The predicted molar refractivity (Wildman–Crippen MR) is 83.6 cm³/mol. The molecule has 1 N–H and O–H groups in total. The molecule has 0 amide bonds. The van der Waals surface area contributed by atoms with Crippen molar-refractivity contribution in [2.75, 3.05) is 7.05 Å². The van der Waals surface area contributed by atoms with Gasteiger partial charge in [-0.05, 0) is 6.07 Å². The molecule has 2 aromatic carbocycles. The lowest BCUT2D eigenvalue weighted by Gasteiger charge is -2.24. The Kier molecular flexibility index (Phi) is 4.66. The minimum atomic E-state index is -4.54. The highest BCUT2D eigenvalue weighted by Gasteiger charge is 2.44. The number of ether oxygens (including phenoxy) is 2. The van der Waals surface area contributed by atoms with Crippen LogP contribution in [0.15, 0.2) is 54.6 Å². The second-order valence-corrected chi connectivity index (χ2v) is 6.81. The van der Waals surface area contributed by atoms with Gasteiger partial charge >= 0.3 is 10.3 Å². The molecule has 0 aliphatic carbocycles. The summed E-state index contributed by atoms with van der Waals surface area (Å²) in [5, 5.41) is 0. The number of nitrogens with zero attached hydrogens (tertiary/aromatic N) is 1. The van der Waals surface area contributed by atoms with Gasteiger partial charge in [0.2, 0.25) is 0 Å². The third-order valence-electron chi connectivity index (χ3n) is 3.80. The maximum absolute atomic E-state index is 14.1. The number of hydrogen-bond donors (Lipinski definition) is 1. The van der Waals surface area contributed by atoms with Crippen molar-refractivity contribution < 1.29 is 26.8 Å². The molecule has 3 atom stereocenters. The Morgan fingerprint density at radius 3 is 2.29 bits per heavy atom. The summed E-state index contributed by atoms with van der Waals surface area (Å²) in [6, 6.07) is 14.7. The van der Waals surface area contributed by atoms with E-state index in [1.54, 1.807) is 30.3 Å². The van der Waals surface area contributed by atoms with Crippen LogP contribution in [0.3, 0.4) is 0 Å². The molecular weight excluding hydrogens is 337 g/mol. The van der Waals surface area contributed by atoms with Crippen molar-refractivity contribution in [2.24, 2.45) is 0 Å². The highest BCUT2D eigenvalue weighted by Crippen LogP contribution is 2.42. The van der Waals surface area contributed by atoms with Gasteiger partial charge in [-0.2, -0.15) is 12.7 Å². The van der Waals surface area contributed by atoms with E-state index in [1.165, 1.54) is 18.2 Å². The molecule has 2 aromatic rings. The average Bonchev–Trinajstić information content (AvgIpc) is 2.99. The summed E-state index contributed by atoms with van der Waals surface area (Å²) in [6.45, 7) is 0. The first-order chi connectivity index (χ1) is 11.4. The first-order valence-electron chi connectivity index (χ1n) is 7.18. The summed E-state index contributed by atoms with van der Waals surface area (Å²) in [5.74, 6) is -0.548. The fourth-order valence-electron chi connectivity index (χ4n) is 2.54. The van der Waals surface area contributed by atoms with E-state index in [0.29, 0.717) is 9.87 Å².